The van der Waals surface area contributed by atoms with Gasteiger partial charge in [-0.05, 0) is 31.2 Å². The molecule has 0 aliphatic rings. The van der Waals surface area contributed by atoms with E-state index in [0.29, 0.717) is 0 Å². The maximum Gasteiger partial charge on any atom is 0.341 e. The lowest BCUT2D eigenvalue weighted by molar-refractivity contribution is -0.148. The highest BCUT2D eigenvalue weighted by molar-refractivity contribution is 5.96. The Morgan fingerprint density at radius 2 is 0.971 bits per heavy atom. The van der Waals surface area contributed by atoms with Crippen molar-refractivity contribution in [1.29, 1.82) is 0 Å². The van der Waals surface area contributed by atoms with E-state index in [2.05, 4.69) is 0 Å². The van der Waals surface area contributed by atoms with Gasteiger partial charge in [-0.25, -0.2) is 9.59 Å². The molecule has 0 spiro atoms. The molecule has 0 aliphatic carbocycles. The van der Waals surface area contributed by atoms with Gasteiger partial charge in [-0.15, -0.1) is 0 Å². The van der Waals surface area contributed by atoms with Gasteiger partial charge >= 0.3 is 18.2 Å². The van der Waals surface area contributed by atoms with Crippen LogP contribution in [-0.2, 0) is 28.7 Å². The lowest BCUT2D eigenvalue weighted by Crippen LogP contribution is -2.33. The number of Topliss-reactive ketones (excluding diaryl/α,β-unsaturated/α-hetero) is 4. The summed E-state index contributed by atoms with van der Waals surface area (Å²) in [5.74, 6) is -3.13. The van der Waals surface area contributed by atoms with Gasteiger partial charge in [0.1, 0.15) is 17.3 Å². The zero-order valence-corrected chi connectivity index (χ0v) is 18.9. The Kier molecular flexibility index (Phi) is 10.5. The van der Waals surface area contributed by atoms with E-state index in [-0.39, 0.29) is 67.0 Å². The van der Waals surface area contributed by atoms with Crippen molar-refractivity contribution in [1.82, 2.24) is 0 Å². The van der Waals surface area contributed by atoms with Gasteiger partial charge in [0.25, 0.3) is 0 Å². The number of hydrogen-bond donors (Lipinski definition) is 0. The Bertz CT molecular complexity index is 974. The molecule has 2 rings (SSSR count). The van der Waals surface area contributed by atoms with Crippen molar-refractivity contribution in [3.8, 4) is 0 Å². The first-order chi connectivity index (χ1) is 16.3. The molecule has 2 aromatic carbocycles. The number of rotatable bonds is 14. The van der Waals surface area contributed by atoms with E-state index in [1.54, 1.807) is 36.4 Å². The monoisotopic (exact) mass is 466 g/mol. The molecule has 8 heteroatoms. The van der Waals surface area contributed by atoms with Crippen molar-refractivity contribution < 1.29 is 38.2 Å². The third-order valence-electron chi connectivity index (χ3n) is 4.80. The summed E-state index contributed by atoms with van der Waals surface area (Å²) in [6.07, 6.45) is -2.25. The molecule has 0 atom stereocenters. The molecule has 0 amide bonds. The molecule has 0 unspecified atom stereocenters. The fourth-order valence-electron chi connectivity index (χ4n) is 2.86. The third kappa shape index (κ3) is 9.28. The number of esters is 2. The summed E-state index contributed by atoms with van der Waals surface area (Å²) in [5, 5.41) is 0. The minimum Gasteiger partial charge on any atom is -0.414 e. The van der Waals surface area contributed by atoms with Crippen LogP contribution >= 0.6 is 0 Å². The first-order valence-electron chi connectivity index (χ1n) is 10.8. The summed E-state index contributed by atoms with van der Waals surface area (Å²) in [6, 6.07) is 15.8. The Morgan fingerprint density at radius 3 is 1.38 bits per heavy atom. The third-order valence-corrected chi connectivity index (χ3v) is 4.80. The molecular formula is C26H26O8. The molecule has 0 fully saturated rings. The highest BCUT2D eigenvalue weighted by atomic mass is 16.7. The number of ketones is 4. The number of ether oxygens (including phenoxy) is 2. The van der Waals surface area contributed by atoms with Crippen molar-refractivity contribution in [3.63, 3.8) is 0 Å². The van der Waals surface area contributed by atoms with E-state index in [0.717, 1.165) is 0 Å². The van der Waals surface area contributed by atoms with Crippen LogP contribution in [0.25, 0.3) is 0 Å². The highest BCUT2D eigenvalue weighted by Crippen LogP contribution is 2.13. The molecule has 0 radical (unpaired) electrons. The van der Waals surface area contributed by atoms with Crippen LogP contribution in [0.15, 0.2) is 60.7 Å². The van der Waals surface area contributed by atoms with Crippen molar-refractivity contribution in [2.45, 2.75) is 51.7 Å². The predicted octanol–water partition coefficient (Wildman–Crippen LogP) is 3.66. The van der Waals surface area contributed by atoms with Gasteiger partial charge in [0.05, 0.1) is 11.1 Å². The number of carbonyl (C=O) groups is 6. The molecule has 2 aromatic rings. The standard InChI is InChI=1S/C26H26O8/c1-18(27)12-13-21(28)14-15-22(29)16-17-23(30)26(33-24(31)19-8-4-2-5-9-19)34-25(32)20-10-6-3-7-11-20/h2-11,26H,12-17H2,1H3. The average molecular weight is 466 g/mol. The molecule has 8 nitrogen and oxygen atoms in total. The Balaban J connectivity index is 1.97. The van der Waals surface area contributed by atoms with Gasteiger partial charge < -0.3 is 14.3 Å². The summed E-state index contributed by atoms with van der Waals surface area (Å²) in [5.41, 5.74) is 0.326. The lowest BCUT2D eigenvalue weighted by Gasteiger charge is -2.17. The maximum atomic E-state index is 12.7. The summed E-state index contributed by atoms with van der Waals surface area (Å²) < 4.78 is 10.3. The first-order valence-corrected chi connectivity index (χ1v) is 10.8. The van der Waals surface area contributed by atoms with Gasteiger partial charge in [-0.3, -0.25) is 14.4 Å². The Hall–Kier alpha value is -3.94. The fraction of sp³-hybridized carbons (Fsp3) is 0.308. The zero-order valence-electron chi connectivity index (χ0n) is 18.9. The largest absolute Gasteiger partial charge is 0.414 e. The summed E-state index contributed by atoms with van der Waals surface area (Å²) in [7, 11) is 0. The predicted molar refractivity (Wildman–Crippen MR) is 121 cm³/mol. The summed E-state index contributed by atoms with van der Waals surface area (Å²) >= 11 is 0. The minimum atomic E-state index is -1.83. The van der Waals surface area contributed by atoms with Crippen LogP contribution in [0.4, 0.5) is 0 Å². The van der Waals surface area contributed by atoms with E-state index >= 15 is 0 Å². The van der Waals surface area contributed by atoms with Crippen molar-refractivity contribution in [2.24, 2.45) is 0 Å². The van der Waals surface area contributed by atoms with Crippen molar-refractivity contribution >= 4 is 35.1 Å². The van der Waals surface area contributed by atoms with Crippen LogP contribution in [0.3, 0.4) is 0 Å². The van der Waals surface area contributed by atoms with Crippen LogP contribution in [-0.4, -0.2) is 41.4 Å². The zero-order chi connectivity index (χ0) is 24.9. The molecular weight excluding hydrogens is 440 g/mol. The number of benzene rings is 2. The first kappa shape index (κ1) is 26.3. The molecule has 0 aromatic heterocycles. The summed E-state index contributed by atoms with van der Waals surface area (Å²) in [4.78, 5) is 72.3. The number of hydrogen-bond acceptors (Lipinski definition) is 8. The molecule has 0 N–H and O–H groups in total. The smallest absolute Gasteiger partial charge is 0.341 e. The van der Waals surface area contributed by atoms with E-state index < -0.39 is 24.0 Å². The fourth-order valence-corrected chi connectivity index (χ4v) is 2.86. The average Bonchev–Trinajstić information content (AvgIpc) is 2.85. The maximum absolute atomic E-state index is 12.7. The van der Waals surface area contributed by atoms with Crippen LogP contribution in [0, 0.1) is 0 Å². The second-order valence-electron chi connectivity index (χ2n) is 7.62. The molecule has 0 aliphatic heterocycles. The Morgan fingerprint density at radius 1 is 0.588 bits per heavy atom. The van der Waals surface area contributed by atoms with Crippen LogP contribution in [0.1, 0.15) is 66.2 Å². The molecule has 0 saturated heterocycles. The van der Waals surface area contributed by atoms with Gasteiger partial charge in [0, 0.05) is 38.5 Å². The van der Waals surface area contributed by atoms with Crippen LogP contribution < -0.4 is 0 Å². The van der Waals surface area contributed by atoms with Crippen LogP contribution in [0.2, 0.25) is 0 Å². The van der Waals surface area contributed by atoms with E-state index in [9.17, 15) is 28.8 Å². The van der Waals surface area contributed by atoms with E-state index in [4.69, 9.17) is 9.47 Å². The normalized spacial score (nSPS) is 10.4. The molecule has 34 heavy (non-hydrogen) atoms. The molecule has 0 bridgehead atoms. The Labute approximate surface area is 197 Å². The second-order valence-corrected chi connectivity index (χ2v) is 7.62. The number of carbonyl (C=O) groups excluding carboxylic acids is 6. The quantitative estimate of drug-likeness (QED) is 0.305. The summed E-state index contributed by atoms with van der Waals surface area (Å²) in [6.45, 7) is 1.38. The molecule has 0 heterocycles. The topological polar surface area (TPSA) is 121 Å². The minimum absolute atomic E-state index is 0.0181. The molecule has 0 saturated carbocycles. The van der Waals surface area contributed by atoms with Gasteiger partial charge in [0.15, 0.2) is 0 Å². The van der Waals surface area contributed by atoms with Crippen molar-refractivity contribution in [2.75, 3.05) is 0 Å². The SMILES string of the molecule is CC(=O)CCC(=O)CCC(=O)CCC(=O)C(OC(=O)c1ccccc1)OC(=O)c1ccccc1. The molecule has 178 valence electrons. The lowest BCUT2D eigenvalue weighted by atomic mass is 10.0. The van der Waals surface area contributed by atoms with Gasteiger partial charge in [0.2, 0.25) is 5.78 Å². The van der Waals surface area contributed by atoms with Crippen molar-refractivity contribution in [3.05, 3.63) is 71.8 Å². The van der Waals surface area contributed by atoms with E-state index in [1.165, 1.54) is 31.2 Å². The highest BCUT2D eigenvalue weighted by Gasteiger charge is 2.28. The van der Waals surface area contributed by atoms with Gasteiger partial charge in [-0.1, -0.05) is 36.4 Å². The van der Waals surface area contributed by atoms with Gasteiger partial charge in [-0.2, -0.15) is 0 Å². The van der Waals surface area contributed by atoms with E-state index in [1.807, 2.05) is 0 Å². The van der Waals surface area contributed by atoms with Crippen LogP contribution in [0.5, 0.6) is 0 Å². The second kappa shape index (κ2) is 13.6.